The van der Waals surface area contributed by atoms with E-state index in [4.69, 9.17) is 9.47 Å². The highest BCUT2D eigenvalue weighted by atomic mass is 16.5. The van der Waals surface area contributed by atoms with Crippen molar-refractivity contribution in [2.45, 2.75) is 177 Å². The third-order valence-electron chi connectivity index (χ3n) is 20.1. The minimum absolute atomic E-state index is 0.0462. The van der Waals surface area contributed by atoms with Crippen LogP contribution in [0, 0.1) is 92.7 Å². The first-order chi connectivity index (χ1) is 27.0. The summed E-state index contributed by atoms with van der Waals surface area (Å²) >= 11 is 0. The van der Waals surface area contributed by atoms with Crippen LogP contribution in [0.2, 0.25) is 0 Å². The van der Waals surface area contributed by atoms with Crippen LogP contribution in [0.3, 0.4) is 0 Å². The van der Waals surface area contributed by atoms with Crippen LogP contribution in [0.15, 0.2) is 23.3 Å². The molecule has 0 N–H and O–H groups in total. The molecule has 8 aliphatic rings. The number of allylic oxidation sites excluding steroid dienone is 4. The van der Waals surface area contributed by atoms with Crippen LogP contribution < -0.4 is 0 Å². The van der Waals surface area contributed by atoms with Gasteiger partial charge >= 0.3 is 11.9 Å². The van der Waals surface area contributed by atoms with E-state index in [9.17, 15) is 14.4 Å². The minimum atomic E-state index is -0.241. The number of fused-ring (bicyclic) bond motifs is 10. The zero-order valence-electron chi connectivity index (χ0n) is 38.1. The maximum atomic E-state index is 13.7. The van der Waals surface area contributed by atoms with Gasteiger partial charge in [0.05, 0.1) is 14.2 Å². The molecular weight excluding hydrogens is 705 g/mol. The fourth-order valence-electron chi connectivity index (χ4n) is 16.5. The standard InChI is InChI=1S/C26H40O3.C26H42O2/c1-16-12-13-25(3)18(14-16)7-8-19-21-10-9-20(17(2)6-11-24(28)29-5)26(21,4)23(27)15-22(19)25;1-17-12-14-25(3)19(16-17)7-8-20-22-10-9-21(18(2)6-11-24(27)28-5)26(22,4)15-13-23(20)25/h15-21H,6-14H2,1-5H3;13,17-22H,6-12,14-16H2,1-5H3/t16-,17-,18-,19?,20?,21?,25+,26-;17-,18-,19-,20?,21?,22?,25+,26-/m11/s1. The molecule has 0 amide bonds. The highest BCUT2D eigenvalue weighted by Crippen LogP contribution is 2.68. The number of rotatable bonds is 8. The first-order valence-corrected chi connectivity index (χ1v) is 24.1. The van der Waals surface area contributed by atoms with Gasteiger partial charge in [-0.1, -0.05) is 72.6 Å². The van der Waals surface area contributed by atoms with E-state index in [2.05, 4.69) is 67.5 Å². The Kier molecular flexibility index (Phi) is 12.5. The molecule has 0 heterocycles. The van der Waals surface area contributed by atoms with Crippen molar-refractivity contribution in [3.8, 4) is 0 Å². The maximum Gasteiger partial charge on any atom is 0.305 e. The molecule has 0 spiro atoms. The number of methoxy groups -OCH3 is 2. The molecule has 8 aliphatic carbocycles. The molecule has 16 atom stereocenters. The lowest BCUT2D eigenvalue weighted by molar-refractivity contribution is -0.142. The number of carbonyl (C=O) groups excluding carboxylic acids is 3. The lowest BCUT2D eigenvalue weighted by Gasteiger charge is -2.57. The number of hydrogen-bond donors (Lipinski definition) is 0. The van der Waals surface area contributed by atoms with Gasteiger partial charge in [-0.2, -0.15) is 0 Å². The second-order valence-corrected chi connectivity index (χ2v) is 22.7. The number of carbonyl (C=O) groups is 3. The zero-order chi connectivity index (χ0) is 41.1. The zero-order valence-corrected chi connectivity index (χ0v) is 38.1. The van der Waals surface area contributed by atoms with Crippen molar-refractivity contribution in [1.29, 1.82) is 0 Å². The van der Waals surface area contributed by atoms with Crippen molar-refractivity contribution in [2.75, 3.05) is 14.2 Å². The third-order valence-corrected chi connectivity index (χ3v) is 20.1. The van der Waals surface area contributed by atoms with Crippen molar-refractivity contribution >= 4 is 17.7 Å². The molecule has 0 aromatic carbocycles. The van der Waals surface area contributed by atoms with Crippen LogP contribution >= 0.6 is 0 Å². The van der Waals surface area contributed by atoms with Crippen LogP contribution in [0.25, 0.3) is 0 Å². The Balaban J connectivity index is 0.000000174. The summed E-state index contributed by atoms with van der Waals surface area (Å²) < 4.78 is 9.73. The van der Waals surface area contributed by atoms with Crippen LogP contribution in [0.4, 0.5) is 0 Å². The summed E-state index contributed by atoms with van der Waals surface area (Å²) in [6.45, 7) is 19.5. The van der Waals surface area contributed by atoms with E-state index in [1.54, 1.807) is 0 Å². The van der Waals surface area contributed by atoms with Crippen molar-refractivity contribution in [2.24, 2.45) is 92.7 Å². The Hall–Kier alpha value is -1.91. The number of ether oxygens (including phenoxy) is 2. The molecular formula is C52H82O5. The average molecular weight is 787 g/mol. The molecule has 320 valence electrons. The lowest BCUT2D eigenvalue weighted by Crippen LogP contribution is -2.51. The van der Waals surface area contributed by atoms with Crippen LogP contribution in [-0.2, 0) is 23.9 Å². The van der Waals surface area contributed by atoms with Gasteiger partial charge in [-0.05, 0) is 202 Å². The Morgan fingerprint density at radius 2 is 1.16 bits per heavy atom. The van der Waals surface area contributed by atoms with Gasteiger partial charge in [-0.25, -0.2) is 0 Å². The van der Waals surface area contributed by atoms with E-state index in [1.807, 2.05) is 5.57 Å². The smallest absolute Gasteiger partial charge is 0.305 e. The summed E-state index contributed by atoms with van der Waals surface area (Å²) in [7, 11) is 2.97. The predicted molar refractivity (Wildman–Crippen MR) is 230 cm³/mol. The van der Waals surface area contributed by atoms with Gasteiger partial charge in [0.2, 0.25) is 0 Å². The molecule has 5 nitrogen and oxygen atoms in total. The number of ketones is 1. The van der Waals surface area contributed by atoms with Crippen LogP contribution in [0.1, 0.15) is 177 Å². The molecule has 0 bridgehead atoms. The summed E-state index contributed by atoms with van der Waals surface area (Å²) in [5, 5.41) is 0. The van der Waals surface area contributed by atoms with Gasteiger partial charge in [0.25, 0.3) is 0 Å². The van der Waals surface area contributed by atoms with Gasteiger partial charge in [-0.3, -0.25) is 14.4 Å². The van der Waals surface area contributed by atoms with Crippen LogP contribution in [-0.4, -0.2) is 31.9 Å². The molecule has 8 rings (SSSR count). The monoisotopic (exact) mass is 787 g/mol. The van der Waals surface area contributed by atoms with E-state index >= 15 is 0 Å². The molecule has 0 aliphatic heterocycles. The largest absolute Gasteiger partial charge is 0.469 e. The molecule has 0 radical (unpaired) electrons. The van der Waals surface area contributed by atoms with Gasteiger partial charge in [0.1, 0.15) is 0 Å². The van der Waals surface area contributed by atoms with Gasteiger partial charge in [-0.15, -0.1) is 0 Å². The van der Waals surface area contributed by atoms with E-state index in [-0.39, 0.29) is 22.8 Å². The highest BCUT2D eigenvalue weighted by molar-refractivity contribution is 5.97. The molecule has 6 fully saturated rings. The summed E-state index contributed by atoms with van der Waals surface area (Å²) in [6, 6.07) is 0. The molecule has 57 heavy (non-hydrogen) atoms. The minimum Gasteiger partial charge on any atom is -0.469 e. The molecule has 5 heteroatoms. The summed E-state index contributed by atoms with van der Waals surface area (Å²) in [4.78, 5) is 37.0. The Bertz CT molecular complexity index is 1570. The normalized spacial score (nSPS) is 45.5. The first-order valence-electron chi connectivity index (χ1n) is 24.1. The second-order valence-electron chi connectivity index (χ2n) is 22.7. The van der Waals surface area contributed by atoms with Crippen LogP contribution in [0.5, 0.6) is 0 Å². The number of esters is 2. The molecule has 6 unspecified atom stereocenters. The highest BCUT2D eigenvalue weighted by Gasteiger charge is 2.61. The van der Waals surface area contributed by atoms with Gasteiger partial charge in [0, 0.05) is 18.3 Å². The second kappa shape index (κ2) is 16.5. The quantitative estimate of drug-likeness (QED) is 0.181. The maximum absolute atomic E-state index is 13.7. The topological polar surface area (TPSA) is 69.7 Å². The average Bonchev–Trinajstić information content (AvgIpc) is 3.74. The lowest BCUT2D eigenvalue weighted by atomic mass is 9.47. The number of hydrogen-bond acceptors (Lipinski definition) is 5. The third kappa shape index (κ3) is 7.48. The molecule has 0 aromatic heterocycles. The van der Waals surface area contributed by atoms with Gasteiger partial charge < -0.3 is 9.47 Å². The molecule has 0 saturated heterocycles. The van der Waals surface area contributed by atoms with Gasteiger partial charge in [0.15, 0.2) is 5.78 Å². The summed E-state index contributed by atoms with van der Waals surface area (Å²) in [5.41, 5.74) is 4.34. The SMILES string of the molecule is COC(=O)CC[C@@H](C)C1CCC2C3CC[C@@H]4C[C@H](C)CC[C@]4(C)C3=CC(=O)[C@@]21C.COC(=O)CC[C@@H](C)C1CCC2C3CC[C@@H]4C[C@H](C)CC[C@]4(C)C3=CC[C@@]21C. The summed E-state index contributed by atoms with van der Waals surface area (Å²) in [5.74, 6) is 8.62. The molecule has 6 saturated carbocycles. The van der Waals surface area contributed by atoms with Crippen molar-refractivity contribution in [3.63, 3.8) is 0 Å². The van der Waals surface area contributed by atoms with E-state index in [0.29, 0.717) is 59.0 Å². The van der Waals surface area contributed by atoms with Crippen molar-refractivity contribution in [3.05, 3.63) is 23.3 Å². The Labute approximate surface area is 348 Å². The molecule has 0 aromatic rings. The Morgan fingerprint density at radius 3 is 1.72 bits per heavy atom. The van der Waals surface area contributed by atoms with E-state index in [1.165, 1.54) is 110 Å². The van der Waals surface area contributed by atoms with Crippen molar-refractivity contribution in [1.82, 2.24) is 0 Å². The van der Waals surface area contributed by atoms with E-state index < -0.39 is 0 Å². The fourth-order valence-corrected chi connectivity index (χ4v) is 16.5. The van der Waals surface area contributed by atoms with E-state index in [0.717, 1.165) is 60.7 Å². The fraction of sp³-hybridized carbons (Fsp3) is 0.865. The Morgan fingerprint density at radius 1 is 0.667 bits per heavy atom. The van der Waals surface area contributed by atoms with Crippen molar-refractivity contribution < 1.29 is 23.9 Å². The predicted octanol–water partition coefficient (Wildman–Crippen LogP) is 12.8. The summed E-state index contributed by atoms with van der Waals surface area (Å²) in [6.07, 6.45) is 27.8. The first kappa shape index (κ1) is 43.2.